The largest absolute Gasteiger partial charge is 0.480 e. The lowest BCUT2D eigenvalue weighted by Gasteiger charge is -2.33. The summed E-state index contributed by atoms with van der Waals surface area (Å²) in [6.07, 6.45) is 2.05. The van der Waals surface area contributed by atoms with Crippen molar-refractivity contribution in [3.63, 3.8) is 0 Å². The molecule has 27 heavy (non-hydrogen) atoms. The van der Waals surface area contributed by atoms with Crippen LogP contribution in [0.2, 0.25) is 0 Å². The minimum atomic E-state index is -0.979. The summed E-state index contributed by atoms with van der Waals surface area (Å²) in [5.41, 5.74) is 2.26. The van der Waals surface area contributed by atoms with Crippen LogP contribution in [0.4, 0.5) is 5.69 Å². The van der Waals surface area contributed by atoms with Gasteiger partial charge >= 0.3 is 5.97 Å². The zero-order chi connectivity index (χ0) is 19.4. The number of benzene rings is 2. The number of carboxylic acid groups (broad SMARTS) is 1. The summed E-state index contributed by atoms with van der Waals surface area (Å²) in [6, 6.07) is 13.1. The summed E-state index contributed by atoms with van der Waals surface area (Å²) in [4.78, 5) is 38.2. The quantitative estimate of drug-likeness (QED) is 0.869. The third-order valence-corrected chi connectivity index (χ3v) is 4.82. The molecule has 0 unspecified atom stereocenters. The van der Waals surface area contributed by atoms with Crippen molar-refractivity contribution in [2.45, 2.75) is 32.2 Å². The molecule has 0 bridgehead atoms. The van der Waals surface area contributed by atoms with E-state index in [1.807, 2.05) is 13.0 Å². The molecule has 6 heteroatoms. The van der Waals surface area contributed by atoms with Crippen LogP contribution >= 0.6 is 0 Å². The number of carboxylic acids is 1. The lowest BCUT2D eigenvalue weighted by Crippen LogP contribution is -2.48. The van der Waals surface area contributed by atoms with Crippen molar-refractivity contribution in [3.8, 4) is 0 Å². The zero-order valence-corrected chi connectivity index (χ0v) is 15.1. The Bertz CT molecular complexity index is 864. The average molecular weight is 366 g/mol. The summed E-state index contributed by atoms with van der Waals surface area (Å²) in [5.74, 6) is -1.56. The van der Waals surface area contributed by atoms with Gasteiger partial charge in [0.15, 0.2) is 0 Å². The number of anilines is 1. The van der Waals surface area contributed by atoms with Gasteiger partial charge in [0.1, 0.15) is 6.04 Å². The lowest BCUT2D eigenvalue weighted by atomic mass is 10.00. The number of nitrogens with one attached hydrogen (secondary N) is 1. The minimum absolute atomic E-state index is 0.260. The first kappa shape index (κ1) is 18.6. The van der Waals surface area contributed by atoms with Crippen molar-refractivity contribution in [2.24, 2.45) is 0 Å². The molecule has 0 aromatic heterocycles. The highest BCUT2D eigenvalue weighted by Gasteiger charge is 2.32. The summed E-state index contributed by atoms with van der Waals surface area (Å²) in [6.45, 7) is 2.27. The second-order valence-electron chi connectivity index (χ2n) is 6.70. The van der Waals surface area contributed by atoms with E-state index in [0.717, 1.165) is 18.4 Å². The van der Waals surface area contributed by atoms with Crippen LogP contribution in [-0.2, 0) is 4.79 Å². The summed E-state index contributed by atoms with van der Waals surface area (Å²) in [7, 11) is 0. The van der Waals surface area contributed by atoms with Crippen molar-refractivity contribution in [1.29, 1.82) is 0 Å². The maximum atomic E-state index is 12.9. The number of carbonyl (C=O) groups excluding carboxylic acids is 2. The van der Waals surface area contributed by atoms with Gasteiger partial charge in [0, 0.05) is 23.4 Å². The molecular weight excluding hydrogens is 344 g/mol. The fraction of sp³-hybridized carbons (Fsp3) is 0.286. The van der Waals surface area contributed by atoms with Crippen molar-refractivity contribution in [2.75, 3.05) is 11.9 Å². The molecular formula is C21H22N2O4. The molecule has 1 heterocycles. The third-order valence-electron chi connectivity index (χ3n) is 4.82. The van der Waals surface area contributed by atoms with E-state index in [2.05, 4.69) is 5.32 Å². The fourth-order valence-electron chi connectivity index (χ4n) is 3.27. The molecule has 1 aliphatic rings. The Hall–Kier alpha value is -3.15. The van der Waals surface area contributed by atoms with E-state index in [0.29, 0.717) is 29.8 Å². The molecule has 140 valence electrons. The standard InChI is InChI=1S/C21H22N2O4/c1-14-10-11-16(20(25)23-12-6-5-9-18(23)21(26)27)13-17(14)22-19(24)15-7-3-2-4-8-15/h2-4,7-8,10-11,13,18H,5-6,9,12H2,1H3,(H,22,24)(H,26,27)/t18-/m1/s1. The SMILES string of the molecule is Cc1ccc(C(=O)N2CCCC[C@@H]2C(=O)O)cc1NC(=O)c1ccccc1. The van der Waals surface area contributed by atoms with Crippen LogP contribution in [0.5, 0.6) is 0 Å². The molecule has 1 saturated heterocycles. The topological polar surface area (TPSA) is 86.7 Å². The van der Waals surface area contributed by atoms with Crippen molar-refractivity contribution < 1.29 is 19.5 Å². The van der Waals surface area contributed by atoms with Gasteiger partial charge in [-0.1, -0.05) is 24.3 Å². The smallest absolute Gasteiger partial charge is 0.326 e. The first-order chi connectivity index (χ1) is 13.0. The van der Waals surface area contributed by atoms with Crippen LogP contribution in [-0.4, -0.2) is 40.4 Å². The van der Waals surface area contributed by atoms with Crippen LogP contribution in [0.3, 0.4) is 0 Å². The Labute approximate surface area is 157 Å². The molecule has 2 N–H and O–H groups in total. The summed E-state index contributed by atoms with van der Waals surface area (Å²) < 4.78 is 0. The number of hydrogen-bond donors (Lipinski definition) is 2. The second kappa shape index (κ2) is 8.03. The van der Waals surface area contributed by atoms with E-state index < -0.39 is 12.0 Å². The second-order valence-corrected chi connectivity index (χ2v) is 6.70. The van der Waals surface area contributed by atoms with E-state index in [4.69, 9.17) is 0 Å². The predicted molar refractivity (Wildman–Crippen MR) is 102 cm³/mol. The highest BCUT2D eigenvalue weighted by Crippen LogP contribution is 2.23. The number of piperidine rings is 1. The van der Waals surface area contributed by atoms with E-state index >= 15 is 0 Å². The molecule has 0 radical (unpaired) electrons. The highest BCUT2D eigenvalue weighted by molar-refractivity contribution is 6.05. The van der Waals surface area contributed by atoms with E-state index in [9.17, 15) is 19.5 Å². The molecule has 2 amide bonds. The van der Waals surface area contributed by atoms with Crippen LogP contribution in [0.25, 0.3) is 0 Å². The average Bonchev–Trinajstić information content (AvgIpc) is 2.69. The van der Waals surface area contributed by atoms with E-state index in [1.165, 1.54) is 4.90 Å². The predicted octanol–water partition coefficient (Wildman–Crippen LogP) is 3.33. The molecule has 2 aromatic carbocycles. The normalized spacial score (nSPS) is 16.6. The van der Waals surface area contributed by atoms with Crippen molar-refractivity contribution in [1.82, 2.24) is 4.90 Å². The number of nitrogens with zero attached hydrogens (tertiary/aromatic N) is 1. The minimum Gasteiger partial charge on any atom is -0.480 e. The van der Waals surface area contributed by atoms with Gasteiger partial charge in [0.05, 0.1) is 0 Å². The maximum Gasteiger partial charge on any atom is 0.326 e. The fourth-order valence-corrected chi connectivity index (χ4v) is 3.27. The number of likely N-dealkylation sites (tertiary alicyclic amines) is 1. The molecule has 1 fully saturated rings. The van der Waals surface area contributed by atoms with Gasteiger partial charge in [-0.3, -0.25) is 9.59 Å². The van der Waals surface area contributed by atoms with Gasteiger partial charge in [-0.05, 0) is 56.0 Å². The summed E-state index contributed by atoms with van der Waals surface area (Å²) in [5, 5.41) is 12.2. The monoisotopic (exact) mass is 366 g/mol. The Balaban J connectivity index is 1.83. The molecule has 6 nitrogen and oxygen atoms in total. The maximum absolute atomic E-state index is 12.9. The molecule has 0 aliphatic carbocycles. The summed E-state index contributed by atoms with van der Waals surface area (Å²) >= 11 is 0. The van der Waals surface area contributed by atoms with E-state index in [-0.39, 0.29) is 11.8 Å². The van der Waals surface area contributed by atoms with Crippen molar-refractivity contribution >= 4 is 23.5 Å². The highest BCUT2D eigenvalue weighted by atomic mass is 16.4. The third kappa shape index (κ3) is 4.16. The molecule has 1 aliphatic heterocycles. The van der Waals surface area contributed by atoms with Gasteiger partial charge in [-0.2, -0.15) is 0 Å². The molecule has 0 saturated carbocycles. The molecule has 0 spiro atoms. The van der Waals surface area contributed by atoms with Gasteiger partial charge < -0.3 is 15.3 Å². The number of amides is 2. The molecule has 3 rings (SSSR count). The molecule has 1 atom stereocenters. The number of carbonyl (C=O) groups is 3. The van der Waals surface area contributed by atoms with Crippen LogP contribution < -0.4 is 5.32 Å². The zero-order valence-electron chi connectivity index (χ0n) is 15.1. The van der Waals surface area contributed by atoms with Gasteiger partial charge in [0.25, 0.3) is 11.8 Å². The number of rotatable bonds is 4. The van der Waals surface area contributed by atoms with Crippen LogP contribution in [0.15, 0.2) is 48.5 Å². The first-order valence-electron chi connectivity index (χ1n) is 8.98. The van der Waals surface area contributed by atoms with Crippen LogP contribution in [0, 0.1) is 6.92 Å². The Morgan fingerprint density at radius 3 is 2.48 bits per heavy atom. The number of aryl methyl sites for hydroxylation is 1. The molecule has 2 aromatic rings. The first-order valence-corrected chi connectivity index (χ1v) is 8.98. The Morgan fingerprint density at radius 1 is 1.04 bits per heavy atom. The van der Waals surface area contributed by atoms with Crippen LogP contribution in [0.1, 0.15) is 45.5 Å². The Kier molecular flexibility index (Phi) is 5.54. The Morgan fingerprint density at radius 2 is 1.78 bits per heavy atom. The van der Waals surface area contributed by atoms with Crippen molar-refractivity contribution in [3.05, 3.63) is 65.2 Å². The lowest BCUT2D eigenvalue weighted by molar-refractivity contribution is -0.143. The number of aliphatic carboxylic acids is 1. The van der Waals surface area contributed by atoms with E-state index in [1.54, 1.807) is 42.5 Å². The van der Waals surface area contributed by atoms with Gasteiger partial charge in [-0.25, -0.2) is 4.79 Å². The van der Waals surface area contributed by atoms with Gasteiger partial charge in [-0.15, -0.1) is 0 Å². The number of hydrogen-bond acceptors (Lipinski definition) is 3. The van der Waals surface area contributed by atoms with Gasteiger partial charge in [0.2, 0.25) is 0 Å².